The lowest BCUT2D eigenvalue weighted by Crippen LogP contribution is -2.69. The lowest BCUT2D eigenvalue weighted by atomic mass is 9.42. The summed E-state index contributed by atoms with van der Waals surface area (Å²) in [6.07, 6.45) is 10.6. The minimum absolute atomic E-state index is 0.190. The van der Waals surface area contributed by atoms with Gasteiger partial charge in [-0.3, -0.25) is 8.98 Å². The number of fused-ring (bicyclic) bond motifs is 5. The number of esters is 1. The Bertz CT molecular complexity index is 948. The molecule has 3 unspecified atom stereocenters. The predicted octanol–water partition coefficient (Wildman–Crippen LogP) is 6.11. The SMILES string of the molecule is CC(=O)OC1C[C@H]2[C@@H]3CC[C@H]([C@H](C)CCCC(C)C)[C@@]3(C)CC[C@@H]2[C@@]2(C)CCC(OS(C)(=O)=O)CC12O. The van der Waals surface area contributed by atoms with Crippen LogP contribution in [0, 0.1) is 46.3 Å². The number of ether oxygens (including phenoxy) is 1. The fourth-order valence-electron chi connectivity index (χ4n) is 9.91. The van der Waals surface area contributed by atoms with E-state index in [1.54, 1.807) is 0 Å². The molecular formula is C30H52O6S. The van der Waals surface area contributed by atoms with E-state index < -0.39 is 33.3 Å². The van der Waals surface area contributed by atoms with Gasteiger partial charge in [0, 0.05) is 18.8 Å². The first kappa shape index (κ1) is 29.3. The average molecular weight is 541 g/mol. The molecule has 37 heavy (non-hydrogen) atoms. The molecule has 1 N–H and O–H groups in total. The minimum Gasteiger partial charge on any atom is -0.459 e. The van der Waals surface area contributed by atoms with Crippen molar-refractivity contribution in [2.75, 3.05) is 6.26 Å². The van der Waals surface area contributed by atoms with Crippen molar-refractivity contribution in [3.05, 3.63) is 0 Å². The van der Waals surface area contributed by atoms with Crippen LogP contribution in [0.2, 0.25) is 0 Å². The highest BCUT2D eigenvalue weighted by Gasteiger charge is 2.68. The second kappa shape index (κ2) is 10.4. The zero-order valence-corrected chi connectivity index (χ0v) is 25.1. The Balaban J connectivity index is 1.59. The summed E-state index contributed by atoms with van der Waals surface area (Å²) in [6.45, 7) is 13.2. The molecule has 0 heterocycles. The molecule has 0 saturated heterocycles. The van der Waals surface area contributed by atoms with Crippen LogP contribution in [0.5, 0.6) is 0 Å². The van der Waals surface area contributed by atoms with Crippen molar-refractivity contribution in [1.82, 2.24) is 0 Å². The second-order valence-electron chi connectivity index (χ2n) is 14.2. The van der Waals surface area contributed by atoms with Crippen molar-refractivity contribution in [3.8, 4) is 0 Å². The first-order valence-corrected chi connectivity index (χ1v) is 16.7. The summed E-state index contributed by atoms with van der Waals surface area (Å²) < 4.78 is 35.0. The molecule has 0 aromatic rings. The predicted molar refractivity (Wildman–Crippen MR) is 145 cm³/mol. The Morgan fingerprint density at radius 3 is 2.35 bits per heavy atom. The fraction of sp³-hybridized carbons (Fsp3) is 0.967. The van der Waals surface area contributed by atoms with E-state index in [4.69, 9.17) is 8.92 Å². The molecule has 0 aromatic heterocycles. The van der Waals surface area contributed by atoms with Crippen LogP contribution >= 0.6 is 0 Å². The van der Waals surface area contributed by atoms with E-state index in [0.717, 1.165) is 24.5 Å². The van der Waals surface area contributed by atoms with Gasteiger partial charge in [0.25, 0.3) is 10.1 Å². The van der Waals surface area contributed by atoms with E-state index in [1.165, 1.54) is 45.4 Å². The highest BCUT2D eigenvalue weighted by Crippen LogP contribution is 2.69. The van der Waals surface area contributed by atoms with Crippen LogP contribution in [0.3, 0.4) is 0 Å². The van der Waals surface area contributed by atoms with E-state index in [2.05, 4.69) is 34.6 Å². The highest BCUT2D eigenvalue weighted by atomic mass is 32.2. The van der Waals surface area contributed by atoms with Crippen LogP contribution in [0.4, 0.5) is 0 Å². The topological polar surface area (TPSA) is 89.9 Å². The quantitative estimate of drug-likeness (QED) is 0.295. The molecule has 0 amide bonds. The van der Waals surface area contributed by atoms with Crippen LogP contribution in [0.15, 0.2) is 0 Å². The van der Waals surface area contributed by atoms with Gasteiger partial charge in [0.1, 0.15) is 11.7 Å². The zero-order valence-electron chi connectivity index (χ0n) is 24.3. The van der Waals surface area contributed by atoms with Gasteiger partial charge in [0.15, 0.2) is 0 Å². The zero-order chi connectivity index (χ0) is 27.4. The van der Waals surface area contributed by atoms with Crippen molar-refractivity contribution in [1.29, 1.82) is 0 Å². The van der Waals surface area contributed by atoms with Crippen LogP contribution < -0.4 is 0 Å². The molecule has 0 aliphatic heterocycles. The van der Waals surface area contributed by atoms with Gasteiger partial charge in [-0.25, -0.2) is 0 Å². The Hall–Kier alpha value is -0.660. The van der Waals surface area contributed by atoms with Gasteiger partial charge in [-0.15, -0.1) is 0 Å². The molecule has 4 fully saturated rings. The summed E-state index contributed by atoms with van der Waals surface area (Å²) in [5.74, 6) is 3.15. The van der Waals surface area contributed by atoms with Crippen molar-refractivity contribution < 1.29 is 27.2 Å². The van der Waals surface area contributed by atoms with E-state index in [-0.39, 0.29) is 12.4 Å². The van der Waals surface area contributed by atoms with Crippen molar-refractivity contribution >= 4 is 16.1 Å². The largest absolute Gasteiger partial charge is 0.459 e. The normalized spacial score (nSPS) is 44.6. The maximum Gasteiger partial charge on any atom is 0.303 e. The van der Waals surface area contributed by atoms with Crippen molar-refractivity contribution in [2.24, 2.45) is 46.3 Å². The first-order valence-electron chi connectivity index (χ1n) is 14.9. The Labute approximate surface area is 225 Å². The minimum atomic E-state index is -3.64. The van der Waals surface area contributed by atoms with Gasteiger partial charge in [0.2, 0.25) is 0 Å². The van der Waals surface area contributed by atoms with Crippen LogP contribution in [-0.4, -0.2) is 43.6 Å². The summed E-state index contributed by atoms with van der Waals surface area (Å²) in [4.78, 5) is 12.2. The monoisotopic (exact) mass is 540 g/mol. The van der Waals surface area contributed by atoms with Crippen molar-refractivity contribution in [2.45, 2.75) is 130 Å². The summed E-state index contributed by atoms with van der Waals surface area (Å²) in [5, 5.41) is 12.3. The molecule has 10 atom stereocenters. The molecular weight excluding hydrogens is 488 g/mol. The number of carbonyl (C=O) groups excluding carboxylic acids is 1. The van der Waals surface area contributed by atoms with Crippen LogP contribution in [0.1, 0.15) is 112 Å². The molecule has 0 aromatic carbocycles. The van der Waals surface area contributed by atoms with Gasteiger partial charge in [-0.05, 0) is 85.9 Å². The summed E-state index contributed by atoms with van der Waals surface area (Å²) in [5.41, 5.74) is -1.43. The lowest BCUT2D eigenvalue weighted by molar-refractivity contribution is -0.268. The molecule has 214 valence electrons. The van der Waals surface area contributed by atoms with Gasteiger partial charge in [0.05, 0.1) is 12.4 Å². The summed E-state index contributed by atoms with van der Waals surface area (Å²) in [7, 11) is -3.64. The number of hydrogen-bond donors (Lipinski definition) is 1. The van der Waals surface area contributed by atoms with E-state index in [0.29, 0.717) is 48.3 Å². The first-order chi connectivity index (χ1) is 17.1. The second-order valence-corrected chi connectivity index (χ2v) is 15.8. The van der Waals surface area contributed by atoms with Gasteiger partial charge < -0.3 is 9.84 Å². The Morgan fingerprint density at radius 2 is 1.73 bits per heavy atom. The highest BCUT2D eigenvalue weighted by molar-refractivity contribution is 7.86. The van der Waals surface area contributed by atoms with E-state index in [9.17, 15) is 18.3 Å². The molecule has 6 nitrogen and oxygen atoms in total. The smallest absolute Gasteiger partial charge is 0.303 e. The Kier molecular flexibility index (Phi) is 8.23. The number of carbonyl (C=O) groups is 1. The summed E-state index contributed by atoms with van der Waals surface area (Å²) in [6, 6.07) is 0. The maximum atomic E-state index is 12.3. The van der Waals surface area contributed by atoms with E-state index in [1.807, 2.05) is 0 Å². The summed E-state index contributed by atoms with van der Waals surface area (Å²) >= 11 is 0. The number of rotatable bonds is 8. The molecule has 4 aliphatic carbocycles. The average Bonchev–Trinajstić information content (AvgIpc) is 3.11. The molecule has 4 rings (SSSR count). The van der Waals surface area contributed by atoms with Crippen molar-refractivity contribution in [3.63, 3.8) is 0 Å². The maximum absolute atomic E-state index is 12.3. The standard InChI is InChI=1S/C30H52O6S/c1-19(2)9-8-10-20(3)24-11-12-25-23-17-27(35-21(4)31)30(32)18-22(36-37(7,33)34)13-16-29(30,6)26(23)14-15-28(24,25)5/h19-20,22-27,32H,8-18H2,1-7H3/t20-,22?,23+,24-,25+,26+,27?,28-,29-,30?/m1/s1. The number of aliphatic hydroxyl groups is 1. The van der Waals surface area contributed by atoms with Gasteiger partial charge in [-0.1, -0.05) is 53.9 Å². The molecule has 7 heteroatoms. The lowest BCUT2D eigenvalue weighted by Gasteiger charge is -2.65. The van der Waals surface area contributed by atoms with E-state index >= 15 is 0 Å². The Morgan fingerprint density at radius 1 is 1.03 bits per heavy atom. The fourth-order valence-corrected chi connectivity index (χ4v) is 10.6. The molecule has 0 radical (unpaired) electrons. The third-order valence-electron chi connectivity index (χ3n) is 11.6. The third kappa shape index (κ3) is 5.39. The van der Waals surface area contributed by atoms with Crippen LogP contribution in [-0.2, 0) is 23.8 Å². The van der Waals surface area contributed by atoms with Crippen LogP contribution in [0.25, 0.3) is 0 Å². The van der Waals surface area contributed by atoms with Gasteiger partial charge in [-0.2, -0.15) is 8.42 Å². The third-order valence-corrected chi connectivity index (χ3v) is 12.2. The molecule has 0 spiro atoms. The molecule has 0 bridgehead atoms. The molecule has 4 saturated carbocycles. The number of hydrogen-bond acceptors (Lipinski definition) is 6. The van der Waals surface area contributed by atoms with Gasteiger partial charge >= 0.3 is 5.97 Å². The molecule has 4 aliphatic rings.